The number of urea groups is 1. The van der Waals surface area contributed by atoms with Gasteiger partial charge in [0.05, 0.1) is 5.69 Å². The predicted molar refractivity (Wildman–Crippen MR) is 103 cm³/mol. The largest absolute Gasteiger partial charge is 0.334 e. The fourth-order valence-corrected chi connectivity index (χ4v) is 3.42. The van der Waals surface area contributed by atoms with E-state index in [2.05, 4.69) is 15.7 Å². The van der Waals surface area contributed by atoms with E-state index in [0.717, 1.165) is 23.4 Å². The van der Waals surface area contributed by atoms with Crippen molar-refractivity contribution in [3.8, 4) is 5.69 Å². The van der Waals surface area contributed by atoms with E-state index in [-0.39, 0.29) is 17.8 Å². The van der Waals surface area contributed by atoms with E-state index in [9.17, 15) is 13.6 Å². The molecule has 0 saturated heterocycles. The van der Waals surface area contributed by atoms with Crippen molar-refractivity contribution in [3.63, 3.8) is 0 Å². The zero-order valence-corrected chi connectivity index (χ0v) is 15.5. The molecule has 1 fully saturated rings. The minimum atomic E-state index is -0.479. The van der Waals surface area contributed by atoms with Crippen molar-refractivity contribution in [1.29, 1.82) is 0 Å². The maximum Gasteiger partial charge on any atom is 0.319 e. The van der Waals surface area contributed by atoms with Crippen LogP contribution >= 0.6 is 0 Å². The van der Waals surface area contributed by atoms with Crippen LogP contribution in [0.25, 0.3) is 5.69 Å². The van der Waals surface area contributed by atoms with Gasteiger partial charge >= 0.3 is 6.03 Å². The molecular formula is C21H20F2N4O. The molecule has 5 nitrogen and oxygen atoms in total. The molecule has 0 spiro atoms. The van der Waals surface area contributed by atoms with Crippen LogP contribution in [0.4, 0.5) is 19.3 Å². The lowest BCUT2D eigenvalue weighted by Crippen LogP contribution is -2.31. The first-order valence-electron chi connectivity index (χ1n) is 9.07. The molecule has 1 aromatic heterocycles. The monoisotopic (exact) mass is 382 g/mol. The second-order valence-electron chi connectivity index (χ2n) is 7.11. The average Bonchev–Trinajstić information content (AvgIpc) is 3.31. The number of aryl methyl sites for hydroxylation is 2. The Bertz CT molecular complexity index is 1050. The molecule has 2 amide bonds. The number of halogens is 2. The molecule has 1 heterocycles. The first kappa shape index (κ1) is 18.2. The molecule has 1 saturated carbocycles. The van der Waals surface area contributed by atoms with Gasteiger partial charge in [0, 0.05) is 23.3 Å². The average molecular weight is 382 g/mol. The summed E-state index contributed by atoms with van der Waals surface area (Å²) < 4.78 is 29.3. The predicted octanol–water partition coefficient (Wildman–Crippen LogP) is 4.44. The van der Waals surface area contributed by atoms with Crippen molar-refractivity contribution in [1.82, 2.24) is 15.1 Å². The molecular weight excluding hydrogens is 362 g/mol. The van der Waals surface area contributed by atoms with E-state index in [1.807, 2.05) is 26.0 Å². The number of nitrogens with one attached hydrogen (secondary N) is 2. The molecule has 1 aliphatic carbocycles. The molecule has 2 atom stereocenters. The van der Waals surface area contributed by atoms with Gasteiger partial charge in [-0.2, -0.15) is 5.10 Å². The second kappa shape index (κ2) is 7.07. The normalized spacial score (nSPS) is 18.0. The standard InChI is InChI=1S/C21H20F2N4O/c1-12-8-13(2)27(26-12)20-7-6-16(10-18(20)23)24-21(28)25-19-11-17(19)14-4-3-5-15(22)9-14/h3-10,17,19H,11H2,1-2H3,(H2,24,25,28)/t17-,19-/m0/s1. The zero-order chi connectivity index (χ0) is 19.8. The van der Waals surface area contributed by atoms with Crippen LogP contribution in [0.15, 0.2) is 48.5 Å². The molecule has 7 heteroatoms. The number of hydrogen-bond acceptors (Lipinski definition) is 2. The number of benzene rings is 2. The highest BCUT2D eigenvalue weighted by atomic mass is 19.1. The minimum Gasteiger partial charge on any atom is -0.334 e. The molecule has 2 N–H and O–H groups in total. The Balaban J connectivity index is 1.39. The van der Waals surface area contributed by atoms with Crippen LogP contribution in [0.3, 0.4) is 0 Å². The Labute approximate surface area is 161 Å². The van der Waals surface area contributed by atoms with Gasteiger partial charge in [0.25, 0.3) is 0 Å². The highest BCUT2D eigenvalue weighted by Gasteiger charge is 2.39. The molecule has 0 bridgehead atoms. The molecule has 4 rings (SSSR count). The third-order valence-electron chi connectivity index (χ3n) is 4.83. The fourth-order valence-electron chi connectivity index (χ4n) is 3.42. The van der Waals surface area contributed by atoms with Crippen LogP contribution in [0.2, 0.25) is 0 Å². The first-order chi connectivity index (χ1) is 13.4. The highest BCUT2D eigenvalue weighted by molar-refractivity contribution is 5.89. The van der Waals surface area contributed by atoms with Gasteiger partial charge < -0.3 is 10.6 Å². The Hall–Kier alpha value is -3.22. The summed E-state index contributed by atoms with van der Waals surface area (Å²) in [4.78, 5) is 12.2. The summed E-state index contributed by atoms with van der Waals surface area (Å²) in [6, 6.07) is 12.3. The highest BCUT2D eigenvalue weighted by Crippen LogP contribution is 2.40. The van der Waals surface area contributed by atoms with Gasteiger partial charge in [-0.05, 0) is 62.2 Å². The summed E-state index contributed by atoms with van der Waals surface area (Å²) in [5, 5.41) is 9.75. The van der Waals surface area contributed by atoms with E-state index in [0.29, 0.717) is 11.4 Å². The van der Waals surface area contributed by atoms with Crippen LogP contribution in [-0.4, -0.2) is 21.9 Å². The van der Waals surface area contributed by atoms with E-state index >= 15 is 0 Å². The van der Waals surface area contributed by atoms with Crippen molar-refractivity contribution >= 4 is 11.7 Å². The van der Waals surface area contributed by atoms with Crippen molar-refractivity contribution in [2.24, 2.45) is 0 Å². The van der Waals surface area contributed by atoms with Gasteiger partial charge in [-0.25, -0.2) is 18.3 Å². The number of rotatable bonds is 4. The second-order valence-corrected chi connectivity index (χ2v) is 7.11. The van der Waals surface area contributed by atoms with E-state index in [1.165, 1.54) is 22.9 Å². The van der Waals surface area contributed by atoms with Crippen LogP contribution in [0.1, 0.15) is 29.3 Å². The third-order valence-corrected chi connectivity index (χ3v) is 4.83. The topological polar surface area (TPSA) is 59.0 Å². The summed E-state index contributed by atoms with van der Waals surface area (Å²) in [5.74, 6) is -0.662. The Morgan fingerprint density at radius 3 is 2.64 bits per heavy atom. The van der Waals surface area contributed by atoms with Crippen LogP contribution < -0.4 is 10.6 Å². The van der Waals surface area contributed by atoms with Gasteiger partial charge in [-0.1, -0.05) is 12.1 Å². The maximum absolute atomic E-state index is 14.5. The fraction of sp³-hybridized carbons (Fsp3) is 0.238. The van der Waals surface area contributed by atoms with E-state index < -0.39 is 11.8 Å². The summed E-state index contributed by atoms with van der Waals surface area (Å²) in [6.07, 6.45) is 0.752. The summed E-state index contributed by atoms with van der Waals surface area (Å²) >= 11 is 0. The number of carbonyl (C=O) groups excluding carboxylic acids is 1. The van der Waals surface area contributed by atoms with Crippen molar-refractivity contribution < 1.29 is 13.6 Å². The number of aromatic nitrogens is 2. The molecule has 0 radical (unpaired) electrons. The molecule has 28 heavy (non-hydrogen) atoms. The lowest BCUT2D eigenvalue weighted by molar-refractivity contribution is 0.251. The number of carbonyl (C=O) groups is 1. The molecule has 2 aromatic carbocycles. The van der Waals surface area contributed by atoms with Crippen molar-refractivity contribution in [2.75, 3.05) is 5.32 Å². The van der Waals surface area contributed by atoms with Crippen molar-refractivity contribution in [2.45, 2.75) is 32.2 Å². The van der Waals surface area contributed by atoms with Crippen LogP contribution in [0, 0.1) is 25.5 Å². The van der Waals surface area contributed by atoms with E-state index in [1.54, 1.807) is 18.2 Å². The molecule has 0 unspecified atom stereocenters. The van der Waals surface area contributed by atoms with E-state index in [4.69, 9.17) is 0 Å². The lowest BCUT2D eigenvalue weighted by Gasteiger charge is -2.10. The number of anilines is 1. The third kappa shape index (κ3) is 3.74. The van der Waals surface area contributed by atoms with Gasteiger partial charge in [0.15, 0.2) is 5.82 Å². The number of amides is 2. The van der Waals surface area contributed by atoms with Gasteiger partial charge in [-0.3, -0.25) is 0 Å². The van der Waals surface area contributed by atoms with Crippen LogP contribution in [0.5, 0.6) is 0 Å². The quantitative estimate of drug-likeness (QED) is 0.701. The summed E-state index contributed by atoms with van der Waals surface area (Å²) in [6.45, 7) is 3.69. The summed E-state index contributed by atoms with van der Waals surface area (Å²) in [5.41, 5.74) is 3.17. The molecule has 1 aliphatic rings. The molecule has 144 valence electrons. The maximum atomic E-state index is 14.5. The van der Waals surface area contributed by atoms with Crippen LogP contribution in [-0.2, 0) is 0 Å². The lowest BCUT2D eigenvalue weighted by atomic mass is 10.1. The minimum absolute atomic E-state index is 0.0550. The molecule has 3 aromatic rings. The number of hydrogen-bond donors (Lipinski definition) is 2. The SMILES string of the molecule is Cc1cc(C)n(-c2ccc(NC(=O)N[C@H]3C[C@H]3c3cccc(F)c3)cc2F)n1. The first-order valence-corrected chi connectivity index (χ1v) is 9.07. The van der Waals surface area contributed by atoms with Gasteiger partial charge in [-0.15, -0.1) is 0 Å². The Morgan fingerprint density at radius 2 is 1.96 bits per heavy atom. The smallest absolute Gasteiger partial charge is 0.319 e. The number of nitrogens with zero attached hydrogens (tertiary/aromatic N) is 2. The zero-order valence-electron chi connectivity index (χ0n) is 15.5. The molecule has 0 aliphatic heterocycles. The van der Waals surface area contributed by atoms with Gasteiger partial charge in [0.2, 0.25) is 0 Å². The van der Waals surface area contributed by atoms with Crippen molar-refractivity contribution in [3.05, 3.63) is 77.1 Å². The Morgan fingerprint density at radius 1 is 1.14 bits per heavy atom. The summed E-state index contributed by atoms with van der Waals surface area (Å²) in [7, 11) is 0. The van der Waals surface area contributed by atoms with Gasteiger partial charge in [0.1, 0.15) is 11.5 Å². The Kier molecular flexibility index (Phi) is 4.58.